The van der Waals surface area contributed by atoms with Gasteiger partial charge >= 0.3 is 0 Å². The van der Waals surface area contributed by atoms with Crippen LogP contribution >= 0.6 is 11.8 Å². The summed E-state index contributed by atoms with van der Waals surface area (Å²) in [6.45, 7) is 0.473. The lowest BCUT2D eigenvalue weighted by Crippen LogP contribution is -2.09. The minimum absolute atomic E-state index is 0.0168. The van der Waals surface area contributed by atoms with Crippen molar-refractivity contribution in [1.82, 2.24) is 14.8 Å². The molecular formula is C25H24N4O3S. The lowest BCUT2D eigenvalue weighted by Gasteiger charge is -2.11. The summed E-state index contributed by atoms with van der Waals surface area (Å²) in [5.41, 5.74) is 2.52. The molecular weight excluding hydrogens is 436 g/mol. The predicted molar refractivity (Wildman–Crippen MR) is 130 cm³/mol. The topological polar surface area (TPSA) is 78.3 Å². The molecule has 33 heavy (non-hydrogen) atoms. The van der Waals surface area contributed by atoms with E-state index in [0.29, 0.717) is 17.3 Å². The average Bonchev–Trinajstić information content (AvgIpc) is 3.29. The Morgan fingerprint density at radius 1 is 0.879 bits per heavy atom. The molecule has 1 heterocycles. The maximum atomic E-state index is 12.7. The molecule has 7 nitrogen and oxygen atoms in total. The summed E-state index contributed by atoms with van der Waals surface area (Å²) in [5, 5.41) is 12.8. The molecule has 168 valence electrons. The molecule has 0 radical (unpaired) electrons. The van der Waals surface area contributed by atoms with Crippen LogP contribution in [-0.4, -0.2) is 40.5 Å². The van der Waals surface area contributed by atoms with Crippen molar-refractivity contribution in [3.8, 4) is 17.2 Å². The van der Waals surface area contributed by atoms with Gasteiger partial charge in [-0.2, -0.15) is 0 Å². The number of hydrogen-bond acceptors (Lipinski definition) is 7. The Labute approximate surface area is 196 Å². The number of aromatic nitrogens is 3. The molecule has 0 saturated carbocycles. The molecule has 0 amide bonds. The molecule has 0 spiro atoms. The van der Waals surface area contributed by atoms with E-state index in [9.17, 15) is 4.79 Å². The Balaban J connectivity index is 1.51. The fourth-order valence-electron chi connectivity index (χ4n) is 3.23. The highest BCUT2D eigenvalue weighted by Crippen LogP contribution is 2.24. The van der Waals surface area contributed by atoms with Crippen molar-refractivity contribution in [1.29, 1.82) is 0 Å². The number of ether oxygens (including phenoxy) is 2. The normalized spacial score (nSPS) is 10.6. The van der Waals surface area contributed by atoms with Crippen LogP contribution < -0.4 is 14.8 Å². The van der Waals surface area contributed by atoms with Crippen molar-refractivity contribution in [2.75, 3.05) is 25.3 Å². The summed E-state index contributed by atoms with van der Waals surface area (Å²) in [4.78, 5) is 12.7. The van der Waals surface area contributed by atoms with E-state index in [1.807, 2.05) is 59.2 Å². The zero-order valence-corrected chi connectivity index (χ0v) is 19.2. The number of carbonyl (C=O) groups excluding carboxylic acids is 1. The number of anilines is 1. The van der Waals surface area contributed by atoms with E-state index in [2.05, 4.69) is 15.5 Å². The maximum Gasteiger partial charge on any atom is 0.196 e. The second-order valence-corrected chi connectivity index (χ2v) is 8.03. The molecule has 0 aliphatic heterocycles. The number of thioether (sulfide) groups is 1. The summed E-state index contributed by atoms with van der Waals surface area (Å²) < 4.78 is 12.3. The largest absolute Gasteiger partial charge is 0.497 e. The molecule has 0 fully saturated rings. The molecule has 0 atom stereocenters. The van der Waals surface area contributed by atoms with Crippen LogP contribution in [0.1, 0.15) is 16.2 Å². The van der Waals surface area contributed by atoms with Crippen LogP contribution in [0.3, 0.4) is 0 Å². The molecule has 8 heteroatoms. The van der Waals surface area contributed by atoms with Gasteiger partial charge in [-0.3, -0.25) is 9.36 Å². The third kappa shape index (κ3) is 5.53. The first kappa shape index (κ1) is 22.4. The zero-order chi connectivity index (χ0) is 23.0. The van der Waals surface area contributed by atoms with Gasteiger partial charge in [0.05, 0.1) is 26.5 Å². The van der Waals surface area contributed by atoms with E-state index in [1.165, 1.54) is 11.8 Å². The van der Waals surface area contributed by atoms with Crippen LogP contribution in [0, 0.1) is 0 Å². The molecule has 0 bridgehead atoms. The van der Waals surface area contributed by atoms with Crippen LogP contribution in [0.15, 0.2) is 84.0 Å². The van der Waals surface area contributed by atoms with Gasteiger partial charge in [0, 0.05) is 16.9 Å². The monoisotopic (exact) mass is 460 g/mol. The van der Waals surface area contributed by atoms with Crippen LogP contribution in [0.4, 0.5) is 5.69 Å². The third-order valence-electron chi connectivity index (χ3n) is 5.00. The van der Waals surface area contributed by atoms with Gasteiger partial charge in [0.25, 0.3) is 0 Å². The zero-order valence-electron chi connectivity index (χ0n) is 18.4. The number of hydrogen-bond donors (Lipinski definition) is 1. The van der Waals surface area contributed by atoms with Gasteiger partial charge in [0.1, 0.15) is 11.5 Å². The minimum atomic E-state index is 0.0168. The van der Waals surface area contributed by atoms with E-state index in [0.717, 1.165) is 28.7 Å². The number of benzene rings is 3. The van der Waals surface area contributed by atoms with E-state index >= 15 is 0 Å². The molecule has 0 unspecified atom stereocenters. The van der Waals surface area contributed by atoms with Crippen molar-refractivity contribution in [2.45, 2.75) is 11.7 Å². The van der Waals surface area contributed by atoms with Crippen molar-refractivity contribution in [3.63, 3.8) is 0 Å². The molecule has 4 aromatic rings. The number of ketones is 1. The van der Waals surface area contributed by atoms with E-state index in [-0.39, 0.29) is 11.5 Å². The molecule has 0 aliphatic rings. The standard InChI is InChI=1S/C25H24N4O3S/c1-31-21-12-8-18(9-13-21)23(30)17-33-25-28-27-24(29(25)20-6-4-3-5-7-20)16-26-19-10-14-22(32-2)15-11-19/h3-15,26H,16-17H2,1-2H3. The number of carbonyl (C=O) groups is 1. The first-order valence-corrected chi connectivity index (χ1v) is 11.3. The first-order chi connectivity index (χ1) is 16.2. The summed E-state index contributed by atoms with van der Waals surface area (Å²) in [7, 11) is 3.24. The Morgan fingerprint density at radius 3 is 2.15 bits per heavy atom. The molecule has 0 aliphatic carbocycles. The fraction of sp³-hybridized carbons (Fsp3) is 0.160. The number of nitrogens with one attached hydrogen (secondary N) is 1. The smallest absolute Gasteiger partial charge is 0.196 e. The third-order valence-corrected chi connectivity index (χ3v) is 5.93. The van der Waals surface area contributed by atoms with Gasteiger partial charge in [-0.1, -0.05) is 30.0 Å². The van der Waals surface area contributed by atoms with Gasteiger partial charge in [-0.25, -0.2) is 0 Å². The van der Waals surface area contributed by atoms with Crippen molar-refractivity contribution in [3.05, 3.63) is 90.3 Å². The highest BCUT2D eigenvalue weighted by Gasteiger charge is 2.16. The first-order valence-electron chi connectivity index (χ1n) is 10.4. The number of para-hydroxylation sites is 1. The summed E-state index contributed by atoms with van der Waals surface area (Å²) >= 11 is 1.37. The second kappa shape index (κ2) is 10.7. The number of rotatable bonds is 10. The van der Waals surface area contributed by atoms with Crippen molar-refractivity contribution >= 4 is 23.2 Å². The maximum absolute atomic E-state index is 12.7. The van der Waals surface area contributed by atoms with Gasteiger partial charge in [0.2, 0.25) is 0 Å². The van der Waals surface area contributed by atoms with E-state index < -0.39 is 0 Å². The lowest BCUT2D eigenvalue weighted by atomic mass is 10.1. The molecule has 3 aromatic carbocycles. The number of methoxy groups -OCH3 is 2. The Hall–Kier alpha value is -3.78. The van der Waals surface area contributed by atoms with E-state index in [4.69, 9.17) is 9.47 Å². The molecule has 0 saturated heterocycles. The average molecular weight is 461 g/mol. The highest BCUT2D eigenvalue weighted by atomic mass is 32.2. The Bertz CT molecular complexity index is 1190. The van der Waals surface area contributed by atoms with E-state index in [1.54, 1.807) is 38.5 Å². The van der Waals surface area contributed by atoms with Crippen molar-refractivity contribution < 1.29 is 14.3 Å². The molecule has 1 N–H and O–H groups in total. The Morgan fingerprint density at radius 2 is 1.52 bits per heavy atom. The predicted octanol–water partition coefficient (Wildman–Crippen LogP) is 4.87. The molecule has 1 aromatic heterocycles. The summed E-state index contributed by atoms with van der Waals surface area (Å²) in [6.07, 6.45) is 0. The SMILES string of the molecule is COc1ccc(NCc2nnc(SCC(=O)c3ccc(OC)cc3)n2-c2ccccc2)cc1. The lowest BCUT2D eigenvalue weighted by molar-refractivity contribution is 0.102. The summed E-state index contributed by atoms with van der Waals surface area (Å²) in [5.74, 6) is 2.54. The van der Waals surface area contributed by atoms with Gasteiger partial charge in [0.15, 0.2) is 16.8 Å². The van der Waals surface area contributed by atoms with Gasteiger partial charge in [-0.15, -0.1) is 10.2 Å². The van der Waals surface area contributed by atoms with Gasteiger partial charge in [-0.05, 0) is 60.7 Å². The summed E-state index contributed by atoms with van der Waals surface area (Å²) in [6, 6.07) is 24.7. The van der Waals surface area contributed by atoms with Crippen LogP contribution in [-0.2, 0) is 6.54 Å². The quantitative estimate of drug-likeness (QED) is 0.267. The van der Waals surface area contributed by atoms with Crippen LogP contribution in [0.5, 0.6) is 11.5 Å². The minimum Gasteiger partial charge on any atom is -0.497 e. The number of Topliss-reactive ketones (excluding diaryl/α,β-unsaturated/α-hetero) is 1. The van der Waals surface area contributed by atoms with Gasteiger partial charge < -0.3 is 14.8 Å². The fourth-order valence-corrected chi connectivity index (χ4v) is 4.09. The molecule has 4 rings (SSSR count). The van der Waals surface area contributed by atoms with Crippen LogP contribution in [0.2, 0.25) is 0 Å². The Kier molecular flexibility index (Phi) is 7.26. The second-order valence-electron chi connectivity index (χ2n) is 7.09. The highest BCUT2D eigenvalue weighted by molar-refractivity contribution is 7.99. The van der Waals surface area contributed by atoms with Crippen LogP contribution in [0.25, 0.3) is 5.69 Å². The number of nitrogens with zero attached hydrogens (tertiary/aromatic N) is 3. The van der Waals surface area contributed by atoms with Crippen molar-refractivity contribution in [2.24, 2.45) is 0 Å².